The quantitative estimate of drug-likeness (QED) is 0.313. The van der Waals surface area contributed by atoms with Crippen LogP contribution in [0.1, 0.15) is 61.3 Å². The highest BCUT2D eigenvalue weighted by atomic mass is 16.6. The zero-order chi connectivity index (χ0) is 19.8. The molecule has 0 aromatic carbocycles. The largest absolute Gasteiger partial charge is 0.462 e. The predicted octanol–water partition coefficient (Wildman–Crippen LogP) is 3.65. The van der Waals surface area contributed by atoms with E-state index < -0.39 is 6.04 Å². The first-order valence-corrected chi connectivity index (χ1v) is 9.05. The number of aliphatic hydroxyl groups is 1. The van der Waals surface area contributed by atoms with Gasteiger partial charge in [0.05, 0.1) is 12.0 Å². The third-order valence-corrected chi connectivity index (χ3v) is 4.21. The summed E-state index contributed by atoms with van der Waals surface area (Å²) in [5.41, 5.74) is 14.1. The van der Waals surface area contributed by atoms with Crippen molar-refractivity contribution in [3.05, 3.63) is 10.4 Å². The minimum atomic E-state index is -0.396. The maximum Gasteiger partial charge on any atom is 0.309 e. The van der Waals surface area contributed by atoms with E-state index in [1.165, 1.54) is 0 Å². The van der Waals surface area contributed by atoms with E-state index in [-0.39, 0.29) is 47.9 Å². The van der Waals surface area contributed by atoms with Crippen molar-refractivity contribution >= 4 is 5.97 Å². The standard InChI is InChI=1S/C14H25N3O3.C4H11N/c1-8(2)10(7-18)5-12(16-17-15)13-6-11(9(3)4)14(19)20-13;1-4(2,3)5/h8-13,18H,5-7H2,1-4H3;5H2,1-3H3/t10-,11+,12+,13+;/m1./s1. The zero-order valence-corrected chi connectivity index (χ0v) is 16.8. The lowest BCUT2D eigenvalue weighted by atomic mass is 9.85. The molecule has 1 rings (SSSR count). The number of carbonyl (C=O) groups is 1. The van der Waals surface area contributed by atoms with Gasteiger partial charge in [0, 0.05) is 17.1 Å². The third-order valence-electron chi connectivity index (χ3n) is 4.21. The molecule has 1 heterocycles. The van der Waals surface area contributed by atoms with Crippen molar-refractivity contribution in [2.75, 3.05) is 6.61 Å². The van der Waals surface area contributed by atoms with Crippen molar-refractivity contribution in [3.63, 3.8) is 0 Å². The van der Waals surface area contributed by atoms with Crippen LogP contribution in [0.4, 0.5) is 0 Å². The molecular weight excluding hydrogens is 320 g/mol. The van der Waals surface area contributed by atoms with Gasteiger partial charge >= 0.3 is 5.97 Å². The second-order valence-corrected chi connectivity index (χ2v) is 8.62. The Kier molecular flexibility index (Phi) is 10.1. The summed E-state index contributed by atoms with van der Waals surface area (Å²) in [5, 5.41) is 13.2. The molecule has 25 heavy (non-hydrogen) atoms. The Morgan fingerprint density at radius 2 is 1.88 bits per heavy atom. The first-order chi connectivity index (χ1) is 11.4. The second-order valence-electron chi connectivity index (χ2n) is 8.62. The third kappa shape index (κ3) is 9.68. The van der Waals surface area contributed by atoms with Gasteiger partial charge in [-0.1, -0.05) is 32.8 Å². The van der Waals surface area contributed by atoms with Crippen LogP contribution in [0, 0.1) is 23.7 Å². The maximum absolute atomic E-state index is 11.8. The monoisotopic (exact) mass is 356 g/mol. The summed E-state index contributed by atoms with van der Waals surface area (Å²) in [7, 11) is 0. The molecule has 0 saturated carbocycles. The van der Waals surface area contributed by atoms with Crippen LogP contribution >= 0.6 is 0 Å². The number of nitrogens with two attached hydrogens (primary N) is 1. The van der Waals surface area contributed by atoms with E-state index in [9.17, 15) is 9.90 Å². The Balaban J connectivity index is 0.00000101. The number of aliphatic hydroxyl groups excluding tert-OH is 1. The number of ether oxygens (including phenoxy) is 1. The fraction of sp³-hybridized carbons (Fsp3) is 0.944. The number of azide groups is 1. The number of hydrogen-bond acceptors (Lipinski definition) is 5. The van der Waals surface area contributed by atoms with Gasteiger partial charge in [0.2, 0.25) is 0 Å². The fourth-order valence-electron chi connectivity index (χ4n) is 2.62. The molecule has 0 aromatic rings. The number of nitrogens with zero attached hydrogens (tertiary/aromatic N) is 3. The summed E-state index contributed by atoms with van der Waals surface area (Å²) in [4.78, 5) is 14.7. The maximum atomic E-state index is 11.8. The number of rotatable bonds is 7. The summed E-state index contributed by atoms with van der Waals surface area (Å²) >= 11 is 0. The van der Waals surface area contributed by atoms with Crippen molar-refractivity contribution in [1.29, 1.82) is 0 Å². The molecule has 7 heteroatoms. The highest BCUT2D eigenvalue weighted by molar-refractivity contribution is 5.75. The van der Waals surface area contributed by atoms with Crippen LogP contribution in [-0.2, 0) is 9.53 Å². The van der Waals surface area contributed by atoms with E-state index in [1.807, 2.05) is 48.5 Å². The molecule has 1 fully saturated rings. The molecule has 1 aliphatic rings. The zero-order valence-electron chi connectivity index (χ0n) is 16.8. The molecule has 0 bridgehead atoms. The second kappa shape index (κ2) is 10.6. The minimum absolute atomic E-state index is 0. The van der Waals surface area contributed by atoms with Gasteiger partial charge < -0.3 is 15.6 Å². The number of esters is 1. The van der Waals surface area contributed by atoms with Crippen LogP contribution in [0.3, 0.4) is 0 Å². The molecule has 0 radical (unpaired) electrons. The van der Waals surface area contributed by atoms with E-state index >= 15 is 0 Å². The molecule has 4 atom stereocenters. The van der Waals surface area contributed by atoms with Crippen LogP contribution in [0.15, 0.2) is 5.11 Å². The molecule has 146 valence electrons. The molecule has 0 unspecified atom stereocenters. The van der Waals surface area contributed by atoms with Gasteiger partial charge in [-0.25, -0.2) is 0 Å². The van der Waals surface area contributed by atoms with Gasteiger partial charge in [0.1, 0.15) is 6.10 Å². The molecule has 1 aliphatic heterocycles. The van der Waals surface area contributed by atoms with E-state index in [0.717, 1.165) is 0 Å². The highest BCUT2D eigenvalue weighted by Crippen LogP contribution is 2.33. The number of carbonyl (C=O) groups excluding carboxylic acids is 1. The van der Waals surface area contributed by atoms with E-state index in [1.54, 1.807) is 0 Å². The first kappa shape index (κ1) is 23.7. The van der Waals surface area contributed by atoms with E-state index in [4.69, 9.17) is 16.0 Å². The van der Waals surface area contributed by atoms with Crippen LogP contribution < -0.4 is 5.73 Å². The van der Waals surface area contributed by atoms with Crippen LogP contribution in [0.2, 0.25) is 0 Å². The van der Waals surface area contributed by atoms with Gasteiger partial charge in [-0.05, 0) is 56.9 Å². The molecule has 0 amide bonds. The molecule has 0 spiro atoms. The summed E-state index contributed by atoms with van der Waals surface area (Å²) < 4.78 is 5.39. The predicted molar refractivity (Wildman–Crippen MR) is 99.7 cm³/mol. The summed E-state index contributed by atoms with van der Waals surface area (Å²) in [5.74, 6) is 0.228. The molecular formula is C18H36N4O3. The fourth-order valence-corrected chi connectivity index (χ4v) is 2.62. The van der Waals surface area contributed by atoms with E-state index in [2.05, 4.69) is 10.0 Å². The molecule has 3 N–H and O–H groups in total. The van der Waals surface area contributed by atoms with Crippen molar-refractivity contribution < 1.29 is 14.6 Å². The smallest absolute Gasteiger partial charge is 0.309 e. The Morgan fingerprint density at radius 1 is 1.36 bits per heavy atom. The average molecular weight is 357 g/mol. The average Bonchev–Trinajstić information content (AvgIpc) is 2.83. The van der Waals surface area contributed by atoms with Crippen LogP contribution in [0.5, 0.6) is 0 Å². The Morgan fingerprint density at radius 3 is 2.20 bits per heavy atom. The topological polar surface area (TPSA) is 121 Å². The van der Waals surface area contributed by atoms with Crippen molar-refractivity contribution in [3.8, 4) is 0 Å². The van der Waals surface area contributed by atoms with Crippen molar-refractivity contribution in [2.24, 2.45) is 34.5 Å². The van der Waals surface area contributed by atoms with Gasteiger partial charge in [0.25, 0.3) is 0 Å². The molecule has 0 aliphatic carbocycles. The summed E-state index contributed by atoms with van der Waals surface area (Å²) in [6.45, 7) is 14.0. The Bertz CT molecular complexity index is 448. The highest BCUT2D eigenvalue weighted by Gasteiger charge is 2.40. The first-order valence-electron chi connectivity index (χ1n) is 9.05. The normalized spacial score (nSPS) is 22.8. The Labute approximate surface area is 151 Å². The van der Waals surface area contributed by atoms with Gasteiger partial charge in [-0.15, -0.1) is 0 Å². The van der Waals surface area contributed by atoms with Crippen molar-refractivity contribution in [1.82, 2.24) is 0 Å². The van der Waals surface area contributed by atoms with E-state index in [0.29, 0.717) is 12.8 Å². The number of cyclic esters (lactones) is 1. The lowest BCUT2D eigenvalue weighted by Gasteiger charge is -2.25. The summed E-state index contributed by atoms with van der Waals surface area (Å²) in [6, 6.07) is -0.396. The van der Waals surface area contributed by atoms with Crippen LogP contribution in [0.25, 0.3) is 10.4 Å². The number of hydrogen-bond donors (Lipinski definition) is 2. The summed E-state index contributed by atoms with van der Waals surface area (Å²) in [6.07, 6.45) is 0.774. The SMILES string of the molecule is CC(C)(C)N.CC(C)[C@@H](CO)C[C@H](N=[N+]=[N-])[C@@H]1C[C@@H](C(C)C)C(=O)O1. The van der Waals surface area contributed by atoms with Gasteiger partial charge in [0.15, 0.2) is 0 Å². The lowest BCUT2D eigenvalue weighted by molar-refractivity contribution is -0.146. The molecule has 1 saturated heterocycles. The van der Waals surface area contributed by atoms with Gasteiger partial charge in [-0.3, -0.25) is 4.79 Å². The van der Waals surface area contributed by atoms with Gasteiger partial charge in [-0.2, -0.15) is 0 Å². The van der Waals surface area contributed by atoms with Crippen molar-refractivity contribution in [2.45, 2.75) is 79.0 Å². The molecule has 7 nitrogen and oxygen atoms in total. The minimum Gasteiger partial charge on any atom is -0.462 e. The van der Waals surface area contributed by atoms with Crippen LogP contribution in [-0.4, -0.2) is 35.4 Å². The molecule has 0 aromatic heterocycles. The Hall–Kier alpha value is -1.30. The lowest BCUT2D eigenvalue weighted by Crippen LogP contribution is -2.29.